The van der Waals surface area contributed by atoms with E-state index in [0.29, 0.717) is 29.3 Å². The average molecular weight is 342 g/mol. The van der Waals surface area contributed by atoms with Crippen molar-refractivity contribution in [1.29, 1.82) is 0 Å². The molecule has 0 spiro atoms. The molecule has 1 atom stereocenters. The Morgan fingerprint density at radius 1 is 1.00 bits per heavy atom. The van der Waals surface area contributed by atoms with Crippen LogP contribution in [0.25, 0.3) is 11.5 Å². The van der Waals surface area contributed by atoms with Gasteiger partial charge in [0.15, 0.2) is 0 Å². The second kappa shape index (κ2) is 7.60. The molecule has 2 aromatic carbocycles. The van der Waals surface area contributed by atoms with Crippen LogP contribution in [-0.4, -0.2) is 10.2 Å². The van der Waals surface area contributed by atoms with E-state index in [9.17, 15) is 0 Å². The number of aromatic nitrogens is 2. The van der Waals surface area contributed by atoms with Gasteiger partial charge in [-0.1, -0.05) is 67.9 Å². The quantitative estimate of drug-likeness (QED) is 0.694. The van der Waals surface area contributed by atoms with Gasteiger partial charge in [-0.3, -0.25) is 0 Å². The Labute approximate surface area is 146 Å². The van der Waals surface area contributed by atoms with E-state index in [2.05, 4.69) is 53.6 Å². The Morgan fingerprint density at radius 3 is 2.42 bits per heavy atom. The van der Waals surface area contributed by atoms with Crippen molar-refractivity contribution < 1.29 is 4.42 Å². The van der Waals surface area contributed by atoms with E-state index in [0.717, 1.165) is 5.56 Å². The summed E-state index contributed by atoms with van der Waals surface area (Å²) in [6.07, 6.45) is 0. The second-order valence-electron chi connectivity index (χ2n) is 5.99. The molecule has 0 amide bonds. The van der Waals surface area contributed by atoms with Gasteiger partial charge in [-0.05, 0) is 23.6 Å². The zero-order valence-corrected chi connectivity index (χ0v) is 14.5. The van der Waals surface area contributed by atoms with Crippen molar-refractivity contribution in [2.75, 3.05) is 0 Å². The van der Waals surface area contributed by atoms with E-state index in [1.807, 2.05) is 30.3 Å². The lowest BCUT2D eigenvalue weighted by atomic mass is 9.96. The molecule has 0 unspecified atom stereocenters. The summed E-state index contributed by atoms with van der Waals surface area (Å²) in [5, 5.41) is 12.3. The van der Waals surface area contributed by atoms with E-state index < -0.39 is 0 Å². The van der Waals surface area contributed by atoms with E-state index >= 15 is 0 Å². The SMILES string of the molecule is CC(C)[C@@H](NCc1nnc(-c2ccccc2Cl)o1)c1ccccc1. The van der Waals surface area contributed by atoms with Gasteiger partial charge in [0.2, 0.25) is 11.8 Å². The molecule has 24 heavy (non-hydrogen) atoms. The van der Waals surface area contributed by atoms with Crippen LogP contribution in [0.3, 0.4) is 0 Å². The first-order chi connectivity index (χ1) is 11.6. The zero-order chi connectivity index (χ0) is 16.9. The normalized spacial score (nSPS) is 12.5. The highest BCUT2D eigenvalue weighted by Crippen LogP contribution is 2.27. The molecular formula is C19H20ClN3O. The van der Waals surface area contributed by atoms with Crippen molar-refractivity contribution in [2.45, 2.75) is 26.4 Å². The highest BCUT2D eigenvalue weighted by Gasteiger charge is 2.17. The molecule has 4 nitrogen and oxygen atoms in total. The standard InChI is InChI=1S/C19H20ClN3O/c1-13(2)18(14-8-4-3-5-9-14)21-12-17-22-23-19(24-17)15-10-6-7-11-16(15)20/h3-11,13,18,21H,12H2,1-2H3/t18-/m1/s1. The molecule has 0 saturated carbocycles. The van der Waals surface area contributed by atoms with Crippen LogP contribution in [0.4, 0.5) is 0 Å². The molecule has 0 aliphatic heterocycles. The van der Waals surface area contributed by atoms with E-state index in [1.165, 1.54) is 5.56 Å². The Morgan fingerprint density at radius 2 is 1.71 bits per heavy atom. The fourth-order valence-corrected chi connectivity index (χ4v) is 2.88. The topological polar surface area (TPSA) is 51.0 Å². The first-order valence-corrected chi connectivity index (χ1v) is 8.38. The van der Waals surface area contributed by atoms with Crippen LogP contribution >= 0.6 is 11.6 Å². The predicted molar refractivity (Wildman–Crippen MR) is 95.6 cm³/mol. The number of benzene rings is 2. The van der Waals surface area contributed by atoms with Crippen LogP contribution in [0, 0.1) is 5.92 Å². The van der Waals surface area contributed by atoms with Crippen molar-refractivity contribution >= 4 is 11.6 Å². The monoisotopic (exact) mass is 341 g/mol. The summed E-state index contributed by atoms with van der Waals surface area (Å²) in [5.41, 5.74) is 2.00. The number of hydrogen-bond donors (Lipinski definition) is 1. The number of nitrogens with zero attached hydrogens (tertiary/aromatic N) is 2. The minimum atomic E-state index is 0.224. The van der Waals surface area contributed by atoms with Crippen molar-refractivity contribution in [3.8, 4) is 11.5 Å². The van der Waals surface area contributed by atoms with Gasteiger partial charge in [-0.2, -0.15) is 0 Å². The second-order valence-corrected chi connectivity index (χ2v) is 6.40. The maximum absolute atomic E-state index is 6.17. The third-order valence-corrected chi connectivity index (χ3v) is 4.20. The zero-order valence-electron chi connectivity index (χ0n) is 13.7. The largest absolute Gasteiger partial charge is 0.419 e. The minimum absolute atomic E-state index is 0.224. The molecule has 0 aliphatic carbocycles. The molecule has 124 valence electrons. The Kier molecular flexibility index (Phi) is 5.28. The molecule has 1 heterocycles. The average Bonchev–Trinajstić information content (AvgIpc) is 3.05. The van der Waals surface area contributed by atoms with E-state index in [-0.39, 0.29) is 6.04 Å². The van der Waals surface area contributed by atoms with Crippen molar-refractivity contribution in [2.24, 2.45) is 5.92 Å². The summed E-state index contributed by atoms with van der Waals surface area (Å²) in [5.74, 6) is 1.43. The summed E-state index contributed by atoms with van der Waals surface area (Å²) < 4.78 is 5.75. The lowest BCUT2D eigenvalue weighted by Gasteiger charge is -2.22. The lowest BCUT2D eigenvalue weighted by molar-refractivity contribution is 0.380. The minimum Gasteiger partial charge on any atom is -0.419 e. The Hall–Kier alpha value is -2.17. The first kappa shape index (κ1) is 16.7. The third kappa shape index (κ3) is 3.83. The summed E-state index contributed by atoms with van der Waals surface area (Å²) in [6.45, 7) is 4.89. The van der Waals surface area contributed by atoms with Crippen LogP contribution in [0.2, 0.25) is 5.02 Å². The van der Waals surface area contributed by atoms with Gasteiger partial charge < -0.3 is 9.73 Å². The fraction of sp³-hybridized carbons (Fsp3) is 0.263. The summed E-state index contributed by atoms with van der Waals surface area (Å²) in [4.78, 5) is 0. The molecule has 0 radical (unpaired) electrons. The highest BCUT2D eigenvalue weighted by atomic mass is 35.5. The molecule has 3 rings (SSSR count). The van der Waals surface area contributed by atoms with Gasteiger partial charge >= 0.3 is 0 Å². The predicted octanol–water partition coefficient (Wildman–Crippen LogP) is 4.88. The molecule has 0 saturated heterocycles. The molecule has 0 bridgehead atoms. The molecule has 5 heteroatoms. The Balaban J connectivity index is 1.72. The molecule has 1 N–H and O–H groups in total. The van der Waals surface area contributed by atoms with Crippen molar-refractivity contribution in [1.82, 2.24) is 15.5 Å². The van der Waals surface area contributed by atoms with Crippen molar-refractivity contribution in [3.05, 3.63) is 71.1 Å². The number of hydrogen-bond acceptors (Lipinski definition) is 4. The molecule has 0 aliphatic rings. The smallest absolute Gasteiger partial charge is 0.249 e. The van der Waals surface area contributed by atoms with Crippen LogP contribution < -0.4 is 5.32 Å². The highest BCUT2D eigenvalue weighted by molar-refractivity contribution is 6.33. The van der Waals surface area contributed by atoms with Gasteiger partial charge in [-0.15, -0.1) is 10.2 Å². The number of halogens is 1. The van der Waals surface area contributed by atoms with Gasteiger partial charge in [0.1, 0.15) is 0 Å². The van der Waals surface area contributed by atoms with E-state index in [4.69, 9.17) is 16.0 Å². The summed E-state index contributed by atoms with van der Waals surface area (Å²) in [7, 11) is 0. The van der Waals surface area contributed by atoms with Gasteiger partial charge in [-0.25, -0.2) is 0 Å². The van der Waals surface area contributed by atoms with Crippen LogP contribution in [0.15, 0.2) is 59.0 Å². The Bertz CT molecular complexity index is 786. The maximum Gasteiger partial charge on any atom is 0.249 e. The molecule has 1 aromatic heterocycles. The van der Waals surface area contributed by atoms with Crippen LogP contribution in [-0.2, 0) is 6.54 Å². The molecule has 0 fully saturated rings. The third-order valence-electron chi connectivity index (χ3n) is 3.87. The fourth-order valence-electron chi connectivity index (χ4n) is 2.66. The number of nitrogens with one attached hydrogen (secondary N) is 1. The van der Waals surface area contributed by atoms with Gasteiger partial charge in [0.25, 0.3) is 0 Å². The summed E-state index contributed by atoms with van der Waals surface area (Å²) in [6, 6.07) is 18.0. The van der Waals surface area contributed by atoms with E-state index in [1.54, 1.807) is 0 Å². The van der Waals surface area contributed by atoms with Gasteiger partial charge in [0, 0.05) is 6.04 Å². The number of rotatable bonds is 6. The first-order valence-electron chi connectivity index (χ1n) is 8.00. The summed E-state index contributed by atoms with van der Waals surface area (Å²) >= 11 is 6.17. The van der Waals surface area contributed by atoms with Crippen molar-refractivity contribution in [3.63, 3.8) is 0 Å². The molecular weight excluding hydrogens is 322 g/mol. The van der Waals surface area contributed by atoms with Gasteiger partial charge in [0.05, 0.1) is 17.1 Å². The van der Waals surface area contributed by atoms with Crippen LogP contribution in [0.1, 0.15) is 31.3 Å². The molecule has 3 aromatic rings. The lowest BCUT2D eigenvalue weighted by Crippen LogP contribution is -2.25. The van der Waals surface area contributed by atoms with Crippen LogP contribution in [0.5, 0.6) is 0 Å². The maximum atomic E-state index is 6.17.